The van der Waals surface area contributed by atoms with Crippen LogP contribution in [0.1, 0.15) is 43.6 Å². The molecule has 1 saturated carbocycles. The number of ether oxygens (including phenoxy) is 1. The lowest BCUT2D eigenvalue weighted by atomic mass is 10.0. The molecule has 1 aliphatic carbocycles. The van der Waals surface area contributed by atoms with Crippen LogP contribution in [0.5, 0.6) is 5.88 Å². The Labute approximate surface area is 162 Å². The van der Waals surface area contributed by atoms with E-state index in [4.69, 9.17) is 4.74 Å². The predicted octanol–water partition coefficient (Wildman–Crippen LogP) is 1.97. The molecule has 7 nitrogen and oxygen atoms in total. The molecule has 1 aromatic rings. The number of carbonyl (C=O) groups is 2. The number of hydrogen-bond donors (Lipinski definition) is 2. The molecule has 28 heavy (non-hydrogen) atoms. The van der Waals surface area contributed by atoms with E-state index in [1.54, 1.807) is 19.9 Å². The van der Waals surface area contributed by atoms with Crippen LogP contribution in [0.25, 0.3) is 0 Å². The van der Waals surface area contributed by atoms with Gasteiger partial charge in [0, 0.05) is 20.0 Å². The molecule has 9 heteroatoms. The lowest BCUT2D eigenvalue weighted by Gasteiger charge is -2.25. The molecular formula is C19H26F2N4O3. The number of amides is 2. The minimum Gasteiger partial charge on any atom is -0.476 e. The van der Waals surface area contributed by atoms with Crippen molar-refractivity contribution in [2.75, 3.05) is 31.6 Å². The Balaban J connectivity index is 1.81. The maximum absolute atomic E-state index is 13.6. The molecule has 0 bridgehead atoms. The van der Waals surface area contributed by atoms with Crippen molar-refractivity contribution in [2.24, 2.45) is 5.92 Å². The number of anilines is 1. The third kappa shape index (κ3) is 4.69. The van der Waals surface area contributed by atoms with Crippen molar-refractivity contribution in [3.63, 3.8) is 0 Å². The fourth-order valence-electron chi connectivity index (χ4n) is 3.05. The van der Waals surface area contributed by atoms with Crippen LogP contribution in [-0.4, -0.2) is 55.0 Å². The molecule has 1 saturated heterocycles. The Morgan fingerprint density at radius 1 is 1.36 bits per heavy atom. The van der Waals surface area contributed by atoms with Gasteiger partial charge in [-0.05, 0) is 44.7 Å². The third-order valence-electron chi connectivity index (χ3n) is 4.96. The Morgan fingerprint density at radius 2 is 2.07 bits per heavy atom. The van der Waals surface area contributed by atoms with E-state index in [1.807, 2.05) is 0 Å². The van der Waals surface area contributed by atoms with Crippen LogP contribution < -0.4 is 20.3 Å². The minimum atomic E-state index is -2.75. The van der Waals surface area contributed by atoms with Gasteiger partial charge in [0.1, 0.15) is 16.9 Å². The summed E-state index contributed by atoms with van der Waals surface area (Å²) in [6, 6.07) is 3.05. The lowest BCUT2D eigenvalue weighted by molar-refractivity contribution is -0.125. The molecule has 0 aromatic carbocycles. The summed E-state index contributed by atoms with van der Waals surface area (Å²) in [4.78, 5) is 30.3. The van der Waals surface area contributed by atoms with Crippen molar-refractivity contribution in [3.05, 3.63) is 17.8 Å². The van der Waals surface area contributed by atoms with Crippen molar-refractivity contribution in [3.8, 4) is 5.88 Å². The molecule has 2 heterocycles. The molecule has 2 fully saturated rings. The van der Waals surface area contributed by atoms with Crippen LogP contribution >= 0.6 is 0 Å². The first-order valence-corrected chi connectivity index (χ1v) is 9.42. The Kier molecular flexibility index (Phi) is 5.45. The molecule has 2 aliphatic rings. The zero-order valence-corrected chi connectivity index (χ0v) is 16.3. The molecule has 1 aliphatic heterocycles. The van der Waals surface area contributed by atoms with Crippen molar-refractivity contribution in [1.82, 2.24) is 15.6 Å². The van der Waals surface area contributed by atoms with E-state index in [-0.39, 0.29) is 30.4 Å². The van der Waals surface area contributed by atoms with E-state index in [0.717, 1.165) is 12.8 Å². The fourth-order valence-corrected chi connectivity index (χ4v) is 3.05. The van der Waals surface area contributed by atoms with Gasteiger partial charge in [0.05, 0.1) is 13.2 Å². The summed E-state index contributed by atoms with van der Waals surface area (Å²) in [6.45, 7) is 3.40. The standard InChI is InChI=1S/C19H26F2N4O3/c1-18(2,17(27)22-3)24-15(26)13-6-7-14(25-9-8-19(20,21)11-25)16(23-13)28-10-12-4-5-12/h6-7,12H,4-5,8-11H2,1-3H3,(H,22,27)(H,24,26). The highest BCUT2D eigenvalue weighted by atomic mass is 19.3. The van der Waals surface area contributed by atoms with Gasteiger partial charge in [-0.3, -0.25) is 9.59 Å². The highest BCUT2D eigenvalue weighted by Crippen LogP contribution is 2.36. The van der Waals surface area contributed by atoms with Gasteiger partial charge in [0.15, 0.2) is 0 Å². The number of hydrogen-bond acceptors (Lipinski definition) is 5. The average Bonchev–Trinajstić information content (AvgIpc) is 3.40. The number of carbonyl (C=O) groups excluding carboxylic acids is 2. The largest absolute Gasteiger partial charge is 0.476 e. The van der Waals surface area contributed by atoms with Crippen molar-refractivity contribution >= 4 is 17.5 Å². The van der Waals surface area contributed by atoms with Crippen LogP contribution in [0.15, 0.2) is 12.1 Å². The molecular weight excluding hydrogens is 370 g/mol. The number of nitrogens with one attached hydrogen (secondary N) is 2. The first kappa shape index (κ1) is 20.3. The van der Waals surface area contributed by atoms with E-state index in [0.29, 0.717) is 18.2 Å². The number of pyridine rings is 1. The topological polar surface area (TPSA) is 83.6 Å². The maximum atomic E-state index is 13.6. The van der Waals surface area contributed by atoms with Gasteiger partial charge in [-0.1, -0.05) is 0 Å². The molecule has 0 atom stereocenters. The smallest absolute Gasteiger partial charge is 0.270 e. The van der Waals surface area contributed by atoms with Gasteiger partial charge >= 0.3 is 0 Å². The second-order valence-electron chi connectivity index (χ2n) is 7.96. The van der Waals surface area contributed by atoms with E-state index < -0.39 is 23.9 Å². The van der Waals surface area contributed by atoms with Crippen molar-refractivity contribution < 1.29 is 23.1 Å². The highest BCUT2D eigenvalue weighted by molar-refractivity contribution is 5.98. The number of halogens is 2. The first-order valence-electron chi connectivity index (χ1n) is 9.42. The summed E-state index contributed by atoms with van der Waals surface area (Å²) in [7, 11) is 1.49. The number of likely N-dealkylation sites (N-methyl/N-ethyl adjacent to an activating group) is 1. The second kappa shape index (κ2) is 7.52. The first-order chi connectivity index (χ1) is 13.1. The number of rotatable bonds is 7. The number of alkyl halides is 2. The van der Waals surface area contributed by atoms with Crippen molar-refractivity contribution in [1.29, 1.82) is 0 Å². The molecule has 1 aromatic heterocycles. The zero-order chi connectivity index (χ0) is 20.5. The summed E-state index contributed by atoms with van der Waals surface area (Å²) in [5, 5.41) is 5.12. The Bertz CT molecular complexity index is 766. The van der Waals surface area contributed by atoms with E-state index in [2.05, 4.69) is 15.6 Å². The van der Waals surface area contributed by atoms with Crippen LogP contribution in [-0.2, 0) is 4.79 Å². The molecule has 0 spiro atoms. The van der Waals surface area contributed by atoms with Gasteiger partial charge in [-0.15, -0.1) is 0 Å². The molecule has 2 N–H and O–H groups in total. The summed E-state index contributed by atoms with van der Waals surface area (Å²) >= 11 is 0. The normalized spacial score (nSPS) is 18.7. The van der Waals surface area contributed by atoms with Gasteiger partial charge < -0.3 is 20.3 Å². The zero-order valence-electron chi connectivity index (χ0n) is 16.3. The summed E-state index contributed by atoms with van der Waals surface area (Å²) < 4.78 is 33.0. The second-order valence-corrected chi connectivity index (χ2v) is 7.96. The molecule has 0 radical (unpaired) electrons. The molecule has 3 rings (SSSR count). The van der Waals surface area contributed by atoms with Crippen LogP contribution in [0, 0.1) is 5.92 Å². The minimum absolute atomic E-state index is 0.0671. The number of aromatic nitrogens is 1. The van der Waals surface area contributed by atoms with E-state index in [9.17, 15) is 18.4 Å². The summed E-state index contributed by atoms with van der Waals surface area (Å²) in [6.07, 6.45) is 1.91. The Hall–Kier alpha value is -2.45. The number of nitrogens with zero attached hydrogens (tertiary/aromatic N) is 2. The van der Waals surface area contributed by atoms with Crippen LogP contribution in [0.3, 0.4) is 0 Å². The highest BCUT2D eigenvalue weighted by Gasteiger charge is 2.39. The SMILES string of the molecule is CNC(=O)C(C)(C)NC(=O)c1ccc(N2CCC(F)(F)C2)c(OCC2CC2)n1. The molecule has 2 amide bonds. The fraction of sp³-hybridized carbons (Fsp3) is 0.632. The molecule has 0 unspecified atom stereocenters. The van der Waals surface area contributed by atoms with Crippen LogP contribution in [0.2, 0.25) is 0 Å². The van der Waals surface area contributed by atoms with Gasteiger partial charge in [-0.2, -0.15) is 0 Å². The van der Waals surface area contributed by atoms with E-state index >= 15 is 0 Å². The third-order valence-corrected chi connectivity index (χ3v) is 4.96. The average molecular weight is 396 g/mol. The summed E-state index contributed by atoms with van der Waals surface area (Å²) in [5.74, 6) is -3.01. The van der Waals surface area contributed by atoms with Gasteiger partial charge in [0.2, 0.25) is 11.8 Å². The summed E-state index contributed by atoms with van der Waals surface area (Å²) in [5.41, 5.74) is -0.601. The molecule has 154 valence electrons. The maximum Gasteiger partial charge on any atom is 0.270 e. The van der Waals surface area contributed by atoms with Gasteiger partial charge in [-0.25, -0.2) is 13.8 Å². The Morgan fingerprint density at radius 3 is 2.64 bits per heavy atom. The lowest BCUT2D eigenvalue weighted by Crippen LogP contribution is -2.54. The van der Waals surface area contributed by atoms with Gasteiger partial charge in [0.25, 0.3) is 11.8 Å². The van der Waals surface area contributed by atoms with Crippen LogP contribution in [0.4, 0.5) is 14.5 Å². The van der Waals surface area contributed by atoms with Crippen molar-refractivity contribution in [2.45, 2.75) is 44.6 Å². The van der Waals surface area contributed by atoms with E-state index in [1.165, 1.54) is 18.0 Å². The monoisotopic (exact) mass is 396 g/mol. The predicted molar refractivity (Wildman–Crippen MR) is 99.8 cm³/mol. The quantitative estimate of drug-likeness (QED) is 0.736.